The molecule has 4 rings (SSSR count). The number of carbonyl (C=O) groups is 1. The van der Waals surface area contributed by atoms with Gasteiger partial charge in [-0.3, -0.25) is 4.79 Å². The van der Waals surface area contributed by atoms with E-state index in [1.165, 1.54) is 9.87 Å². The molecule has 1 atom stereocenters. The molecule has 0 saturated carbocycles. The van der Waals surface area contributed by atoms with Crippen molar-refractivity contribution in [1.82, 2.24) is 9.21 Å². The third-order valence-electron chi connectivity index (χ3n) is 6.17. The Morgan fingerprint density at radius 1 is 0.935 bits per heavy atom. The second-order valence-corrected chi connectivity index (χ2v) is 10.2. The molecule has 0 N–H and O–H groups in total. The van der Waals surface area contributed by atoms with Crippen molar-refractivity contribution in [3.05, 3.63) is 65.7 Å². The number of hydrogen-bond donors (Lipinski definition) is 0. The molecule has 2 saturated heterocycles. The van der Waals surface area contributed by atoms with Crippen molar-refractivity contribution < 1.29 is 17.9 Å². The third-order valence-corrected chi connectivity index (χ3v) is 8.08. The van der Waals surface area contributed by atoms with Crippen LogP contribution in [0.3, 0.4) is 0 Å². The van der Waals surface area contributed by atoms with Crippen LogP contribution in [0.4, 0.5) is 0 Å². The van der Waals surface area contributed by atoms with E-state index in [1.807, 2.05) is 35.2 Å². The minimum absolute atomic E-state index is 0.184. The Hall–Kier alpha value is -2.22. The Kier molecular flexibility index (Phi) is 7.05. The minimum Gasteiger partial charge on any atom is -0.379 e. The fraction of sp³-hybridized carbons (Fsp3) is 0.458. The van der Waals surface area contributed by atoms with Gasteiger partial charge >= 0.3 is 0 Å². The van der Waals surface area contributed by atoms with Crippen LogP contribution < -0.4 is 0 Å². The third kappa shape index (κ3) is 5.34. The number of ether oxygens (including phenoxy) is 1. The molecule has 2 aromatic rings. The summed E-state index contributed by atoms with van der Waals surface area (Å²) < 4.78 is 32.2. The maximum Gasteiger partial charge on any atom is 0.243 e. The zero-order valence-electron chi connectivity index (χ0n) is 17.8. The molecule has 7 heteroatoms. The molecule has 0 aromatic heterocycles. The van der Waals surface area contributed by atoms with Gasteiger partial charge in [0.1, 0.15) is 0 Å². The largest absolute Gasteiger partial charge is 0.379 e. The van der Waals surface area contributed by atoms with E-state index in [4.69, 9.17) is 4.74 Å². The fourth-order valence-electron chi connectivity index (χ4n) is 4.42. The van der Waals surface area contributed by atoms with E-state index in [9.17, 15) is 13.2 Å². The predicted octanol–water partition coefficient (Wildman–Crippen LogP) is 2.87. The van der Waals surface area contributed by atoms with E-state index < -0.39 is 10.0 Å². The Morgan fingerprint density at radius 2 is 1.65 bits per heavy atom. The molecule has 0 spiro atoms. The van der Waals surface area contributed by atoms with E-state index in [1.54, 1.807) is 12.1 Å². The van der Waals surface area contributed by atoms with Crippen LogP contribution in [0.5, 0.6) is 0 Å². The lowest BCUT2D eigenvalue weighted by atomic mass is 10.0. The second-order valence-electron chi connectivity index (χ2n) is 8.23. The Labute approximate surface area is 184 Å². The fourth-order valence-corrected chi connectivity index (χ4v) is 5.83. The molecule has 0 radical (unpaired) electrons. The highest BCUT2D eigenvalue weighted by molar-refractivity contribution is 7.89. The number of likely N-dealkylation sites (tertiary alicyclic amines) is 1. The number of nitrogens with zero attached hydrogens (tertiary/aromatic N) is 2. The topological polar surface area (TPSA) is 66.9 Å². The monoisotopic (exact) mass is 442 g/mol. The van der Waals surface area contributed by atoms with Crippen LogP contribution in [-0.2, 0) is 32.4 Å². The summed E-state index contributed by atoms with van der Waals surface area (Å²) in [4.78, 5) is 15.2. The van der Waals surface area contributed by atoms with Crippen LogP contribution in [0.2, 0.25) is 0 Å². The van der Waals surface area contributed by atoms with Gasteiger partial charge in [-0.25, -0.2) is 8.42 Å². The first-order valence-corrected chi connectivity index (χ1v) is 12.5. The number of benzene rings is 2. The molecule has 2 aromatic carbocycles. The summed E-state index contributed by atoms with van der Waals surface area (Å²) in [7, 11) is -3.48. The van der Waals surface area contributed by atoms with Crippen LogP contribution in [0.25, 0.3) is 0 Å². The molecule has 2 heterocycles. The summed E-state index contributed by atoms with van der Waals surface area (Å²) in [5.41, 5.74) is 2.25. The van der Waals surface area contributed by atoms with Gasteiger partial charge in [-0.15, -0.1) is 0 Å². The lowest BCUT2D eigenvalue weighted by Crippen LogP contribution is -2.40. The van der Waals surface area contributed by atoms with E-state index in [0.717, 1.165) is 31.4 Å². The van der Waals surface area contributed by atoms with E-state index >= 15 is 0 Å². The lowest BCUT2D eigenvalue weighted by Gasteiger charge is -2.26. The normalized spacial score (nSPS) is 20.1. The van der Waals surface area contributed by atoms with Gasteiger partial charge in [0.2, 0.25) is 15.9 Å². The Morgan fingerprint density at radius 3 is 2.35 bits per heavy atom. The van der Waals surface area contributed by atoms with Crippen LogP contribution in [-0.4, -0.2) is 62.4 Å². The molecule has 6 nitrogen and oxygen atoms in total. The van der Waals surface area contributed by atoms with Crippen molar-refractivity contribution in [2.45, 2.75) is 43.0 Å². The molecule has 166 valence electrons. The molecule has 2 fully saturated rings. The Bertz CT molecular complexity index is 970. The summed E-state index contributed by atoms with van der Waals surface area (Å²) >= 11 is 0. The van der Waals surface area contributed by atoms with Gasteiger partial charge in [0, 0.05) is 32.1 Å². The standard InChI is InChI=1S/C24H30N2O4S/c27-24(26-14-4-7-22(26)19-21-5-2-1-3-6-21)13-10-20-8-11-23(12-9-20)31(28,29)25-15-17-30-18-16-25/h1-3,5-6,8-9,11-12,22H,4,7,10,13-19H2. The molecule has 31 heavy (non-hydrogen) atoms. The summed E-state index contributed by atoms with van der Waals surface area (Å²) in [6.07, 6.45) is 4.07. The highest BCUT2D eigenvalue weighted by Gasteiger charge is 2.29. The van der Waals surface area contributed by atoms with Crippen LogP contribution in [0.15, 0.2) is 59.5 Å². The predicted molar refractivity (Wildman–Crippen MR) is 119 cm³/mol. The Balaban J connectivity index is 1.33. The summed E-state index contributed by atoms with van der Waals surface area (Å²) in [5, 5.41) is 0. The molecular weight excluding hydrogens is 412 g/mol. The summed E-state index contributed by atoms with van der Waals surface area (Å²) in [6.45, 7) is 2.46. The van der Waals surface area contributed by atoms with Crippen molar-refractivity contribution in [3.63, 3.8) is 0 Å². The highest BCUT2D eigenvalue weighted by Crippen LogP contribution is 2.23. The molecule has 0 aliphatic carbocycles. The molecular formula is C24H30N2O4S. The van der Waals surface area contributed by atoms with Crippen LogP contribution >= 0.6 is 0 Å². The number of aryl methyl sites for hydroxylation is 1. The first-order chi connectivity index (χ1) is 15.0. The van der Waals surface area contributed by atoms with Gasteiger partial charge in [-0.1, -0.05) is 42.5 Å². The van der Waals surface area contributed by atoms with Crippen LogP contribution in [0, 0.1) is 0 Å². The zero-order chi connectivity index (χ0) is 21.7. The number of rotatable bonds is 7. The number of carbonyl (C=O) groups excluding carboxylic acids is 1. The molecule has 2 aliphatic rings. The van der Waals surface area contributed by atoms with Crippen molar-refractivity contribution in [2.24, 2.45) is 0 Å². The number of amides is 1. The van der Waals surface area contributed by atoms with Crippen LogP contribution in [0.1, 0.15) is 30.4 Å². The van der Waals surface area contributed by atoms with E-state index in [2.05, 4.69) is 12.1 Å². The minimum atomic E-state index is -3.48. The van der Waals surface area contributed by atoms with Gasteiger partial charge in [0.25, 0.3) is 0 Å². The van der Waals surface area contributed by atoms with Gasteiger partial charge < -0.3 is 9.64 Å². The molecule has 1 amide bonds. The second kappa shape index (κ2) is 9.94. The average Bonchev–Trinajstić information content (AvgIpc) is 3.27. The van der Waals surface area contributed by atoms with Gasteiger partial charge in [-0.05, 0) is 48.9 Å². The van der Waals surface area contributed by atoms with Crippen molar-refractivity contribution in [3.8, 4) is 0 Å². The summed E-state index contributed by atoms with van der Waals surface area (Å²) in [6, 6.07) is 17.6. The highest BCUT2D eigenvalue weighted by atomic mass is 32.2. The van der Waals surface area contributed by atoms with Crippen molar-refractivity contribution in [1.29, 1.82) is 0 Å². The molecule has 0 bridgehead atoms. The smallest absolute Gasteiger partial charge is 0.243 e. The molecule has 2 aliphatic heterocycles. The average molecular weight is 443 g/mol. The van der Waals surface area contributed by atoms with Crippen molar-refractivity contribution >= 4 is 15.9 Å². The molecule has 1 unspecified atom stereocenters. The lowest BCUT2D eigenvalue weighted by molar-refractivity contribution is -0.131. The van der Waals surface area contributed by atoms with Gasteiger partial charge in [0.15, 0.2) is 0 Å². The zero-order valence-corrected chi connectivity index (χ0v) is 18.6. The van der Waals surface area contributed by atoms with E-state index in [0.29, 0.717) is 44.0 Å². The SMILES string of the molecule is O=C(CCc1ccc(S(=O)(=O)N2CCOCC2)cc1)N1CCCC1Cc1ccccc1. The first kappa shape index (κ1) is 22.0. The number of sulfonamides is 1. The number of morpholine rings is 1. The maximum absolute atomic E-state index is 12.9. The summed E-state index contributed by atoms with van der Waals surface area (Å²) in [5.74, 6) is 0.184. The van der Waals surface area contributed by atoms with Crippen molar-refractivity contribution in [2.75, 3.05) is 32.8 Å². The van der Waals surface area contributed by atoms with E-state index in [-0.39, 0.29) is 11.9 Å². The maximum atomic E-state index is 12.9. The number of hydrogen-bond acceptors (Lipinski definition) is 4. The quantitative estimate of drug-likeness (QED) is 0.661. The van der Waals surface area contributed by atoms with Gasteiger partial charge in [-0.2, -0.15) is 4.31 Å². The van der Waals surface area contributed by atoms with Gasteiger partial charge in [0.05, 0.1) is 18.1 Å². The first-order valence-electron chi connectivity index (χ1n) is 11.0.